The van der Waals surface area contributed by atoms with Crippen molar-refractivity contribution in [2.45, 2.75) is 0 Å². The van der Waals surface area contributed by atoms with Gasteiger partial charge in [-0.2, -0.15) is 0 Å². The van der Waals surface area contributed by atoms with Crippen LogP contribution in [0.2, 0.25) is 5.02 Å². The zero-order valence-electron chi connectivity index (χ0n) is 5.47. The van der Waals surface area contributed by atoms with E-state index in [2.05, 4.69) is 15.9 Å². The summed E-state index contributed by atoms with van der Waals surface area (Å²) in [5.41, 5.74) is 0.810. The van der Waals surface area contributed by atoms with Gasteiger partial charge in [0.25, 0.3) is 0 Å². The third-order valence-electron chi connectivity index (χ3n) is 1.45. The maximum absolute atomic E-state index is 5.75. The zero-order chi connectivity index (χ0) is 7.84. The average Bonchev–Trinajstić information content (AvgIpc) is 2.27. The van der Waals surface area contributed by atoms with Crippen molar-refractivity contribution in [2.75, 3.05) is 0 Å². The molecular formula is C8H4BrClO. The molecule has 3 heteroatoms. The molecule has 56 valence electrons. The molecule has 2 rings (SSSR count). The third-order valence-corrected chi connectivity index (χ3v) is 2.08. The van der Waals surface area contributed by atoms with Crippen molar-refractivity contribution in [3.63, 3.8) is 0 Å². The summed E-state index contributed by atoms with van der Waals surface area (Å²) in [5, 5.41) is 1.75. The summed E-state index contributed by atoms with van der Waals surface area (Å²) in [5.74, 6) is 0. The number of rotatable bonds is 0. The normalized spacial score (nSPS) is 10.7. The van der Waals surface area contributed by atoms with Gasteiger partial charge in [-0.05, 0) is 34.1 Å². The fourth-order valence-corrected chi connectivity index (χ4v) is 1.56. The second-order valence-electron chi connectivity index (χ2n) is 2.23. The van der Waals surface area contributed by atoms with Crippen LogP contribution in [0.3, 0.4) is 0 Å². The molecule has 0 N–H and O–H groups in total. The van der Waals surface area contributed by atoms with Crippen LogP contribution in [0.25, 0.3) is 11.0 Å². The van der Waals surface area contributed by atoms with Gasteiger partial charge in [-0.15, -0.1) is 0 Å². The van der Waals surface area contributed by atoms with Crippen LogP contribution in [-0.2, 0) is 0 Å². The van der Waals surface area contributed by atoms with Crippen molar-refractivity contribution in [1.82, 2.24) is 0 Å². The molecule has 1 heterocycles. The standard InChI is InChI=1S/C8H4BrClO/c9-8-3-5-1-2-6(10)4-7(5)11-8/h1-4H. The topological polar surface area (TPSA) is 13.1 Å². The Morgan fingerprint density at radius 2 is 2.09 bits per heavy atom. The number of benzene rings is 1. The molecule has 0 amide bonds. The van der Waals surface area contributed by atoms with Crippen LogP contribution in [0, 0.1) is 0 Å². The van der Waals surface area contributed by atoms with Gasteiger partial charge >= 0.3 is 0 Å². The van der Waals surface area contributed by atoms with Crippen molar-refractivity contribution in [2.24, 2.45) is 0 Å². The summed E-state index contributed by atoms with van der Waals surface area (Å²) < 4.78 is 6.01. The van der Waals surface area contributed by atoms with Crippen LogP contribution in [-0.4, -0.2) is 0 Å². The van der Waals surface area contributed by atoms with E-state index in [1.54, 1.807) is 6.07 Å². The molecule has 0 saturated heterocycles. The van der Waals surface area contributed by atoms with Crippen LogP contribution in [0.15, 0.2) is 33.4 Å². The van der Waals surface area contributed by atoms with Crippen LogP contribution in [0.5, 0.6) is 0 Å². The Balaban J connectivity index is 2.82. The number of halogens is 2. The van der Waals surface area contributed by atoms with Gasteiger partial charge in [0.1, 0.15) is 5.58 Å². The van der Waals surface area contributed by atoms with Gasteiger partial charge in [-0.3, -0.25) is 0 Å². The van der Waals surface area contributed by atoms with E-state index >= 15 is 0 Å². The molecule has 0 atom stereocenters. The Bertz CT molecular complexity index is 394. The maximum Gasteiger partial charge on any atom is 0.170 e. The lowest BCUT2D eigenvalue weighted by Gasteiger charge is -1.87. The third kappa shape index (κ3) is 1.28. The molecular weight excluding hydrogens is 227 g/mol. The molecule has 2 aromatic rings. The lowest BCUT2D eigenvalue weighted by atomic mass is 10.3. The SMILES string of the molecule is Clc1ccc2cc(Br)oc2c1. The molecule has 0 aliphatic heterocycles. The van der Waals surface area contributed by atoms with Crippen molar-refractivity contribution in [3.05, 3.63) is 34.0 Å². The largest absolute Gasteiger partial charge is 0.449 e. The molecule has 0 aliphatic rings. The van der Waals surface area contributed by atoms with E-state index in [0.29, 0.717) is 5.02 Å². The van der Waals surface area contributed by atoms with Crippen LogP contribution in [0.4, 0.5) is 0 Å². The monoisotopic (exact) mass is 230 g/mol. The van der Waals surface area contributed by atoms with Crippen molar-refractivity contribution < 1.29 is 4.42 Å². The van der Waals surface area contributed by atoms with Crippen molar-refractivity contribution >= 4 is 38.5 Å². The van der Waals surface area contributed by atoms with E-state index in [9.17, 15) is 0 Å². The minimum Gasteiger partial charge on any atom is -0.449 e. The first-order valence-electron chi connectivity index (χ1n) is 3.10. The molecule has 1 aromatic carbocycles. The first kappa shape index (κ1) is 7.19. The Morgan fingerprint density at radius 1 is 1.27 bits per heavy atom. The van der Waals surface area contributed by atoms with E-state index < -0.39 is 0 Å². The fourth-order valence-electron chi connectivity index (χ4n) is 0.973. The van der Waals surface area contributed by atoms with Crippen LogP contribution >= 0.6 is 27.5 Å². The highest BCUT2D eigenvalue weighted by Crippen LogP contribution is 2.25. The molecule has 1 aromatic heterocycles. The second-order valence-corrected chi connectivity index (χ2v) is 3.45. The molecule has 0 radical (unpaired) electrons. The molecule has 0 fully saturated rings. The lowest BCUT2D eigenvalue weighted by Crippen LogP contribution is -1.62. The summed E-state index contributed by atoms with van der Waals surface area (Å²) in [7, 11) is 0. The smallest absolute Gasteiger partial charge is 0.170 e. The summed E-state index contributed by atoms with van der Waals surface area (Å²) >= 11 is 8.99. The molecule has 0 unspecified atom stereocenters. The average molecular weight is 231 g/mol. The molecule has 1 nitrogen and oxygen atoms in total. The quantitative estimate of drug-likeness (QED) is 0.671. The van der Waals surface area contributed by atoms with Gasteiger partial charge in [-0.25, -0.2) is 0 Å². The minimum absolute atomic E-state index is 0.694. The summed E-state index contributed by atoms with van der Waals surface area (Å²) in [4.78, 5) is 0. The summed E-state index contributed by atoms with van der Waals surface area (Å²) in [6.07, 6.45) is 0. The lowest BCUT2D eigenvalue weighted by molar-refractivity contribution is 0.587. The van der Waals surface area contributed by atoms with Gasteiger partial charge in [0.05, 0.1) is 0 Å². The maximum atomic E-state index is 5.75. The fraction of sp³-hybridized carbons (Fsp3) is 0. The van der Waals surface area contributed by atoms with Crippen LogP contribution in [0.1, 0.15) is 0 Å². The van der Waals surface area contributed by atoms with E-state index in [1.165, 1.54) is 0 Å². The highest BCUT2D eigenvalue weighted by molar-refractivity contribution is 9.10. The Hall–Kier alpha value is -0.470. The van der Waals surface area contributed by atoms with Gasteiger partial charge in [0, 0.05) is 16.5 Å². The predicted octanol–water partition coefficient (Wildman–Crippen LogP) is 3.85. The second kappa shape index (κ2) is 2.54. The minimum atomic E-state index is 0.694. The zero-order valence-corrected chi connectivity index (χ0v) is 7.82. The number of hydrogen-bond donors (Lipinski definition) is 0. The molecule has 0 bridgehead atoms. The Kier molecular flexibility index (Phi) is 1.66. The first-order chi connectivity index (χ1) is 5.25. The Morgan fingerprint density at radius 3 is 2.91 bits per heavy atom. The van der Waals surface area contributed by atoms with Crippen molar-refractivity contribution in [1.29, 1.82) is 0 Å². The van der Waals surface area contributed by atoms with E-state index in [4.69, 9.17) is 16.0 Å². The van der Waals surface area contributed by atoms with E-state index in [0.717, 1.165) is 15.6 Å². The number of hydrogen-bond acceptors (Lipinski definition) is 1. The van der Waals surface area contributed by atoms with Crippen LogP contribution < -0.4 is 0 Å². The van der Waals surface area contributed by atoms with Gasteiger partial charge in [0.2, 0.25) is 0 Å². The molecule has 0 aliphatic carbocycles. The number of fused-ring (bicyclic) bond motifs is 1. The number of furan rings is 1. The summed E-state index contributed by atoms with van der Waals surface area (Å²) in [6.45, 7) is 0. The molecule has 0 spiro atoms. The first-order valence-corrected chi connectivity index (χ1v) is 4.27. The Labute approximate surface area is 77.1 Å². The van der Waals surface area contributed by atoms with E-state index in [-0.39, 0.29) is 0 Å². The van der Waals surface area contributed by atoms with Gasteiger partial charge in [0.15, 0.2) is 4.67 Å². The predicted molar refractivity (Wildman–Crippen MR) is 48.9 cm³/mol. The highest BCUT2D eigenvalue weighted by atomic mass is 79.9. The van der Waals surface area contributed by atoms with E-state index in [1.807, 2.05) is 18.2 Å². The highest BCUT2D eigenvalue weighted by Gasteiger charge is 2.00. The van der Waals surface area contributed by atoms with Crippen molar-refractivity contribution in [3.8, 4) is 0 Å². The van der Waals surface area contributed by atoms with Gasteiger partial charge < -0.3 is 4.42 Å². The molecule has 0 saturated carbocycles. The summed E-state index contributed by atoms with van der Waals surface area (Å²) in [6, 6.07) is 7.46. The van der Waals surface area contributed by atoms with Gasteiger partial charge in [-0.1, -0.05) is 11.6 Å². The molecule has 11 heavy (non-hydrogen) atoms.